The second kappa shape index (κ2) is 6.58. The predicted molar refractivity (Wildman–Crippen MR) is 90.4 cm³/mol. The van der Waals surface area contributed by atoms with E-state index in [2.05, 4.69) is 34.2 Å². The lowest BCUT2D eigenvalue weighted by molar-refractivity contribution is 0.601. The van der Waals surface area contributed by atoms with E-state index in [1.807, 2.05) is 24.3 Å². The van der Waals surface area contributed by atoms with Crippen molar-refractivity contribution >= 4 is 38.3 Å². The zero-order valence-corrected chi connectivity index (χ0v) is 14.1. The molecule has 0 aromatic heterocycles. The largest absolute Gasteiger partial charge is 0.280 e. The molecule has 0 amide bonds. The highest BCUT2D eigenvalue weighted by molar-refractivity contribution is 14.1. The van der Waals surface area contributed by atoms with Gasteiger partial charge in [0, 0.05) is 9.26 Å². The maximum Gasteiger partial charge on any atom is 0.261 e. The van der Waals surface area contributed by atoms with Gasteiger partial charge < -0.3 is 0 Å². The Labute approximate surface area is 133 Å². The van der Waals surface area contributed by atoms with Crippen LogP contribution >= 0.6 is 22.6 Å². The molecule has 0 unspecified atom stereocenters. The summed E-state index contributed by atoms with van der Waals surface area (Å²) in [4.78, 5) is 0.288. The Morgan fingerprint density at radius 2 is 1.80 bits per heavy atom. The van der Waals surface area contributed by atoms with Crippen molar-refractivity contribution in [1.29, 1.82) is 0 Å². The molecule has 0 saturated carbocycles. The molecule has 3 nitrogen and oxygen atoms in total. The fourth-order valence-electron chi connectivity index (χ4n) is 1.89. The van der Waals surface area contributed by atoms with Crippen LogP contribution in [0.4, 0.5) is 5.69 Å². The Balaban J connectivity index is 2.21. The molecule has 2 rings (SSSR count). The summed E-state index contributed by atoms with van der Waals surface area (Å²) in [5.74, 6) is 0. The molecule has 0 atom stereocenters. The van der Waals surface area contributed by atoms with Gasteiger partial charge >= 0.3 is 0 Å². The predicted octanol–water partition coefficient (Wildman–Crippen LogP) is 4.04. The van der Waals surface area contributed by atoms with Gasteiger partial charge in [-0.05, 0) is 64.9 Å². The van der Waals surface area contributed by atoms with Crippen LogP contribution in [0.25, 0.3) is 0 Å². The van der Waals surface area contributed by atoms with Crippen LogP contribution < -0.4 is 4.72 Å². The lowest BCUT2D eigenvalue weighted by Crippen LogP contribution is -2.13. The quantitative estimate of drug-likeness (QED) is 0.769. The third-order valence-corrected chi connectivity index (χ3v) is 4.92. The minimum absolute atomic E-state index is 0.288. The number of halogens is 1. The van der Waals surface area contributed by atoms with Gasteiger partial charge in [0.25, 0.3) is 10.0 Å². The Morgan fingerprint density at radius 1 is 1.10 bits per heavy atom. The molecule has 106 valence electrons. The van der Waals surface area contributed by atoms with Gasteiger partial charge in [-0.25, -0.2) is 8.42 Å². The fraction of sp³-hybridized carbons (Fsp3) is 0.200. The molecule has 2 aromatic rings. The van der Waals surface area contributed by atoms with Crippen LogP contribution in [0.2, 0.25) is 0 Å². The second-order valence-electron chi connectivity index (χ2n) is 4.51. The molecule has 0 heterocycles. The van der Waals surface area contributed by atoms with E-state index in [1.54, 1.807) is 24.3 Å². The molecule has 0 aliphatic carbocycles. The van der Waals surface area contributed by atoms with Crippen molar-refractivity contribution < 1.29 is 8.42 Å². The highest BCUT2D eigenvalue weighted by atomic mass is 127. The summed E-state index contributed by atoms with van der Waals surface area (Å²) < 4.78 is 28.1. The molecular weight excluding hydrogens is 385 g/mol. The van der Waals surface area contributed by atoms with Crippen molar-refractivity contribution in [3.63, 3.8) is 0 Å². The zero-order chi connectivity index (χ0) is 14.6. The first-order valence-corrected chi connectivity index (χ1v) is 8.95. The summed E-state index contributed by atoms with van der Waals surface area (Å²) in [6.45, 7) is 2.10. The molecule has 0 fully saturated rings. The summed E-state index contributed by atoms with van der Waals surface area (Å²) in [5, 5.41) is 0. The van der Waals surface area contributed by atoms with Crippen molar-refractivity contribution in [1.82, 2.24) is 0 Å². The summed E-state index contributed by atoms with van der Waals surface area (Å²) in [6, 6.07) is 14.3. The van der Waals surface area contributed by atoms with E-state index < -0.39 is 10.0 Å². The van der Waals surface area contributed by atoms with E-state index in [0.717, 1.165) is 22.0 Å². The average Bonchev–Trinajstić information content (AvgIpc) is 2.39. The van der Waals surface area contributed by atoms with Gasteiger partial charge in [0.15, 0.2) is 0 Å². The normalized spacial score (nSPS) is 11.3. The first kappa shape index (κ1) is 15.3. The molecule has 0 aliphatic rings. The second-order valence-corrected chi connectivity index (χ2v) is 7.44. The van der Waals surface area contributed by atoms with Crippen LogP contribution in [0.5, 0.6) is 0 Å². The van der Waals surface area contributed by atoms with Crippen LogP contribution in [0, 0.1) is 3.57 Å². The number of hydrogen-bond donors (Lipinski definition) is 1. The van der Waals surface area contributed by atoms with E-state index in [9.17, 15) is 8.42 Å². The first-order chi connectivity index (χ1) is 9.51. The molecule has 5 heteroatoms. The van der Waals surface area contributed by atoms with E-state index >= 15 is 0 Å². The minimum Gasteiger partial charge on any atom is -0.280 e. The molecule has 0 spiro atoms. The molecule has 0 aliphatic heterocycles. The number of sulfonamides is 1. The van der Waals surface area contributed by atoms with Crippen molar-refractivity contribution in [2.45, 2.75) is 24.7 Å². The molecule has 0 saturated heterocycles. The highest BCUT2D eigenvalue weighted by Crippen LogP contribution is 2.18. The summed E-state index contributed by atoms with van der Waals surface area (Å²) in [6.07, 6.45) is 2.01. The third kappa shape index (κ3) is 3.96. The number of aryl methyl sites for hydroxylation is 1. The van der Waals surface area contributed by atoms with Gasteiger partial charge in [-0.1, -0.05) is 31.5 Å². The van der Waals surface area contributed by atoms with Gasteiger partial charge in [-0.2, -0.15) is 0 Å². The number of benzene rings is 2. The number of hydrogen-bond acceptors (Lipinski definition) is 2. The Bertz CT molecular complexity index is 681. The number of rotatable bonds is 5. The van der Waals surface area contributed by atoms with Crippen molar-refractivity contribution in [3.8, 4) is 0 Å². The summed E-state index contributed by atoms with van der Waals surface area (Å²) >= 11 is 2.15. The fourth-order valence-corrected chi connectivity index (χ4v) is 3.48. The molecular formula is C15H16INO2S. The zero-order valence-electron chi connectivity index (χ0n) is 11.1. The Kier molecular flexibility index (Phi) is 5.04. The van der Waals surface area contributed by atoms with Crippen molar-refractivity contribution in [2.75, 3.05) is 4.72 Å². The third-order valence-electron chi connectivity index (χ3n) is 2.85. The smallest absolute Gasteiger partial charge is 0.261 e. The van der Waals surface area contributed by atoms with E-state index in [0.29, 0.717) is 5.69 Å². The Morgan fingerprint density at radius 3 is 2.40 bits per heavy atom. The van der Waals surface area contributed by atoms with Gasteiger partial charge in [0.05, 0.1) is 4.90 Å². The van der Waals surface area contributed by atoms with E-state index in [1.165, 1.54) is 0 Å². The standard InChI is InChI=1S/C15H16INO2S/c1-2-4-12-7-9-15(10-8-12)20(18,19)17-14-6-3-5-13(16)11-14/h3,5-11,17H,2,4H2,1H3. The molecule has 0 bridgehead atoms. The van der Waals surface area contributed by atoms with Gasteiger partial charge in [0.1, 0.15) is 0 Å². The SMILES string of the molecule is CCCc1ccc(S(=O)(=O)Nc2cccc(I)c2)cc1. The van der Waals surface area contributed by atoms with Crippen LogP contribution in [0.15, 0.2) is 53.4 Å². The lowest BCUT2D eigenvalue weighted by atomic mass is 10.1. The summed E-state index contributed by atoms with van der Waals surface area (Å²) in [7, 11) is -3.52. The van der Waals surface area contributed by atoms with Crippen LogP contribution in [0.3, 0.4) is 0 Å². The van der Waals surface area contributed by atoms with Crippen LogP contribution in [-0.2, 0) is 16.4 Å². The highest BCUT2D eigenvalue weighted by Gasteiger charge is 2.13. The maximum absolute atomic E-state index is 12.3. The van der Waals surface area contributed by atoms with E-state index in [4.69, 9.17) is 0 Å². The van der Waals surface area contributed by atoms with Crippen molar-refractivity contribution in [3.05, 3.63) is 57.7 Å². The molecule has 20 heavy (non-hydrogen) atoms. The summed E-state index contributed by atoms with van der Waals surface area (Å²) in [5.41, 5.74) is 1.73. The van der Waals surface area contributed by atoms with Gasteiger partial charge in [-0.3, -0.25) is 4.72 Å². The molecule has 1 N–H and O–H groups in total. The van der Waals surface area contributed by atoms with Crippen LogP contribution in [-0.4, -0.2) is 8.42 Å². The maximum atomic E-state index is 12.3. The number of anilines is 1. The van der Waals surface area contributed by atoms with Crippen molar-refractivity contribution in [2.24, 2.45) is 0 Å². The topological polar surface area (TPSA) is 46.2 Å². The molecule has 0 radical (unpaired) electrons. The Hall–Kier alpha value is -1.08. The number of nitrogens with one attached hydrogen (secondary N) is 1. The van der Waals surface area contributed by atoms with Crippen LogP contribution in [0.1, 0.15) is 18.9 Å². The average molecular weight is 401 g/mol. The van der Waals surface area contributed by atoms with E-state index in [-0.39, 0.29) is 4.90 Å². The van der Waals surface area contributed by atoms with Gasteiger partial charge in [-0.15, -0.1) is 0 Å². The molecule has 2 aromatic carbocycles. The monoisotopic (exact) mass is 401 g/mol. The first-order valence-electron chi connectivity index (χ1n) is 6.38. The lowest BCUT2D eigenvalue weighted by Gasteiger charge is -2.09. The van der Waals surface area contributed by atoms with Gasteiger partial charge in [0.2, 0.25) is 0 Å². The minimum atomic E-state index is -3.52.